The topological polar surface area (TPSA) is 109 Å². The maximum Gasteiger partial charge on any atom is 0.286 e. The number of rotatable bonds is 8. The minimum Gasteiger partial charge on any atom is -0.377 e. The Morgan fingerprint density at radius 3 is 2.72 bits per heavy atom. The first-order valence-corrected chi connectivity index (χ1v) is 11.0. The molecule has 10 heteroatoms. The first-order valence-electron chi connectivity index (χ1n) is 9.80. The van der Waals surface area contributed by atoms with Crippen LogP contribution in [0, 0.1) is 0 Å². The van der Waals surface area contributed by atoms with E-state index >= 15 is 0 Å². The van der Waals surface area contributed by atoms with E-state index in [1.165, 1.54) is 11.3 Å². The molecule has 2 aromatic heterocycles. The van der Waals surface area contributed by atoms with Crippen molar-refractivity contribution in [2.75, 3.05) is 19.0 Å². The number of aromatic nitrogens is 3. The molecule has 3 N–H and O–H groups in total. The predicted octanol–water partition coefficient (Wildman–Crippen LogP) is 4.04. The summed E-state index contributed by atoms with van der Waals surface area (Å²) >= 11 is 7.25. The van der Waals surface area contributed by atoms with Gasteiger partial charge in [-0.1, -0.05) is 22.9 Å². The maximum absolute atomic E-state index is 12.5. The number of carbonyl (C=O) groups excluding carboxylic acids is 2. The van der Waals surface area contributed by atoms with Crippen molar-refractivity contribution >= 4 is 51.3 Å². The van der Waals surface area contributed by atoms with Crippen LogP contribution in [0.25, 0.3) is 10.9 Å². The average Bonchev–Trinajstić information content (AvgIpc) is 3.42. The second-order valence-corrected chi connectivity index (χ2v) is 8.47. The number of benzene rings is 2. The van der Waals surface area contributed by atoms with E-state index in [4.69, 9.17) is 16.3 Å². The molecule has 0 spiro atoms. The van der Waals surface area contributed by atoms with Crippen molar-refractivity contribution in [3.63, 3.8) is 0 Å². The lowest BCUT2D eigenvalue weighted by atomic mass is 10.1. The number of nitrogens with one attached hydrogen (secondary N) is 3. The highest BCUT2D eigenvalue weighted by atomic mass is 35.5. The number of H-pyrrole nitrogens is 1. The van der Waals surface area contributed by atoms with E-state index in [2.05, 4.69) is 25.8 Å². The molecule has 32 heavy (non-hydrogen) atoms. The molecule has 0 radical (unpaired) electrons. The van der Waals surface area contributed by atoms with Gasteiger partial charge in [-0.25, -0.2) is 0 Å². The number of amides is 2. The third-order valence-corrected chi connectivity index (χ3v) is 5.87. The Kier molecular flexibility index (Phi) is 6.79. The monoisotopic (exact) mass is 469 g/mol. The Morgan fingerprint density at radius 1 is 1.12 bits per heavy atom. The standard InChI is InChI=1S/C22H20ClN5O3S/c1-31-12-19-27-28-22(32-19)21(30)26-16-5-2-13(3-6-16)20(29)24-9-8-14-11-25-18-7-4-15(23)10-17(14)18/h2-7,10-11,25H,8-9,12H2,1H3,(H,24,29)(H,26,30). The van der Waals surface area contributed by atoms with Crippen LogP contribution in [0.3, 0.4) is 0 Å². The van der Waals surface area contributed by atoms with Gasteiger partial charge in [0.2, 0.25) is 5.01 Å². The van der Waals surface area contributed by atoms with Crippen LogP contribution in [-0.4, -0.2) is 40.7 Å². The lowest BCUT2D eigenvalue weighted by molar-refractivity contribution is 0.0953. The molecular formula is C22H20ClN5O3S. The predicted molar refractivity (Wildman–Crippen MR) is 124 cm³/mol. The van der Waals surface area contributed by atoms with Crippen molar-refractivity contribution < 1.29 is 14.3 Å². The van der Waals surface area contributed by atoms with Crippen LogP contribution in [0.5, 0.6) is 0 Å². The van der Waals surface area contributed by atoms with Gasteiger partial charge in [0.15, 0.2) is 0 Å². The van der Waals surface area contributed by atoms with E-state index in [1.54, 1.807) is 31.4 Å². The van der Waals surface area contributed by atoms with Crippen LogP contribution >= 0.6 is 22.9 Å². The van der Waals surface area contributed by atoms with Crippen LogP contribution in [-0.2, 0) is 17.8 Å². The van der Waals surface area contributed by atoms with E-state index in [0.29, 0.717) is 40.9 Å². The molecule has 0 bridgehead atoms. The zero-order valence-electron chi connectivity index (χ0n) is 17.1. The molecule has 2 aromatic carbocycles. The van der Waals surface area contributed by atoms with Crippen LogP contribution in [0.1, 0.15) is 30.7 Å². The van der Waals surface area contributed by atoms with Crippen molar-refractivity contribution in [1.29, 1.82) is 0 Å². The number of aromatic amines is 1. The summed E-state index contributed by atoms with van der Waals surface area (Å²) in [6, 6.07) is 12.3. The van der Waals surface area contributed by atoms with Gasteiger partial charge in [-0.05, 0) is 54.4 Å². The van der Waals surface area contributed by atoms with Gasteiger partial charge in [-0.2, -0.15) is 0 Å². The quantitative estimate of drug-likeness (QED) is 0.361. The SMILES string of the molecule is COCc1nnc(C(=O)Nc2ccc(C(=O)NCCc3c[nH]c4ccc(Cl)cc34)cc2)s1. The summed E-state index contributed by atoms with van der Waals surface area (Å²) < 4.78 is 4.98. The normalized spacial score (nSPS) is 10.9. The van der Waals surface area contributed by atoms with Gasteiger partial charge >= 0.3 is 0 Å². The lowest BCUT2D eigenvalue weighted by Crippen LogP contribution is -2.25. The number of carbonyl (C=O) groups is 2. The lowest BCUT2D eigenvalue weighted by Gasteiger charge is -2.07. The molecule has 0 aliphatic heterocycles. The third-order valence-electron chi connectivity index (χ3n) is 4.74. The van der Waals surface area contributed by atoms with Crippen molar-refractivity contribution in [3.8, 4) is 0 Å². The Balaban J connectivity index is 1.30. The zero-order valence-corrected chi connectivity index (χ0v) is 18.7. The van der Waals surface area contributed by atoms with E-state index in [0.717, 1.165) is 16.5 Å². The van der Waals surface area contributed by atoms with Gasteiger partial charge in [0.25, 0.3) is 11.8 Å². The molecule has 164 valence electrons. The van der Waals surface area contributed by atoms with Crippen molar-refractivity contribution in [3.05, 3.63) is 74.8 Å². The Morgan fingerprint density at radius 2 is 1.94 bits per heavy atom. The molecule has 0 saturated carbocycles. The smallest absolute Gasteiger partial charge is 0.286 e. The van der Waals surface area contributed by atoms with Crippen molar-refractivity contribution in [1.82, 2.24) is 20.5 Å². The van der Waals surface area contributed by atoms with E-state index in [-0.39, 0.29) is 16.8 Å². The summed E-state index contributed by atoms with van der Waals surface area (Å²) in [5, 5.41) is 16.0. The highest BCUT2D eigenvalue weighted by Crippen LogP contribution is 2.22. The Labute approximate surface area is 193 Å². The van der Waals surface area contributed by atoms with Crippen LogP contribution in [0.15, 0.2) is 48.7 Å². The summed E-state index contributed by atoms with van der Waals surface area (Å²) in [7, 11) is 1.55. The molecular weight excluding hydrogens is 450 g/mol. The number of anilines is 1. The number of halogens is 1. The molecule has 4 rings (SSSR count). The van der Waals surface area contributed by atoms with E-state index in [1.807, 2.05) is 24.4 Å². The molecule has 0 aliphatic rings. The number of ether oxygens (including phenoxy) is 1. The minimum absolute atomic E-state index is 0.186. The molecule has 4 aromatic rings. The van der Waals surface area contributed by atoms with Crippen molar-refractivity contribution in [2.24, 2.45) is 0 Å². The third kappa shape index (κ3) is 5.13. The van der Waals surface area contributed by atoms with Gasteiger partial charge in [-0.3, -0.25) is 9.59 Å². The zero-order chi connectivity index (χ0) is 22.5. The summed E-state index contributed by atoms with van der Waals surface area (Å²) in [5.74, 6) is -0.546. The van der Waals surface area contributed by atoms with Gasteiger partial charge in [0.05, 0.1) is 6.61 Å². The van der Waals surface area contributed by atoms with E-state index in [9.17, 15) is 9.59 Å². The fourth-order valence-electron chi connectivity index (χ4n) is 3.19. The highest BCUT2D eigenvalue weighted by molar-refractivity contribution is 7.13. The number of nitrogens with zero attached hydrogens (tertiary/aromatic N) is 2. The van der Waals surface area contributed by atoms with Gasteiger partial charge in [-0.15, -0.1) is 10.2 Å². The summed E-state index contributed by atoms with van der Waals surface area (Å²) in [5.41, 5.74) is 3.16. The van der Waals surface area contributed by atoms with Gasteiger partial charge < -0.3 is 20.4 Å². The second kappa shape index (κ2) is 9.90. The van der Waals surface area contributed by atoms with Crippen molar-refractivity contribution in [2.45, 2.75) is 13.0 Å². The first-order chi connectivity index (χ1) is 15.5. The summed E-state index contributed by atoms with van der Waals surface area (Å²) in [6.07, 6.45) is 2.61. The van der Waals surface area contributed by atoms with Crippen LogP contribution < -0.4 is 10.6 Å². The minimum atomic E-state index is -0.360. The molecule has 0 saturated heterocycles. The first kappa shape index (κ1) is 21.9. The molecule has 2 amide bonds. The molecule has 0 atom stereocenters. The maximum atomic E-state index is 12.5. The molecule has 0 unspecified atom stereocenters. The number of methoxy groups -OCH3 is 1. The second-order valence-electron chi connectivity index (χ2n) is 6.98. The molecule has 8 nitrogen and oxygen atoms in total. The largest absolute Gasteiger partial charge is 0.377 e. The molecule has 0 aliphatic carbocycles. The number of hydrogen-bond donors (Lipinski definition) is 3. The molecule has 0 fully saturated rings. The number of hydrogen-bond acceptors (Lipinski definition) is 6. The van der Waals surface area contributed by atoms with Gasteiger partial charge in [0, 0.05) is 47.0 Å². The summed E-state index contributed by atoms with van der Waals surface area (Å²) in [4.78, 5) is 27.9. The van der Waals surface area contributed by atoms with Gasteiger partial charge in [0.1, 0.15) is 5.01 Å². The summed E-state index contributed by atoms with van der Waals surface area (Å²) in [6.45, 7) is 0.792. The van der Waals surface area contributed by atoms with Crippen LogP contribution in [0.4, 0.5) is 5.69 Å². The number of fused-ring (bicyclic) bond motifs is 1. The Hall–Kier alpha value is -3.27. The van der Waals surface area contributed by atoms with Crippen LogP contribution in [0.2, 0.25) is 5.02 Å². The highest BCUT2D eigenvalue weighted by Gasteiger charge is 2.14. The average molecular weight is 470 g/mol. The fourth-order valence-corrected chi connectivity index (χ4v) is 4.07. The fraction of sp³-hybridized carbons (Fsp3) is 0.182. The molecule has 2 heterocycles. The van der Waals surface area contributed by atoms with E-state index < -0.39 is 0 Å². The Bertz CT molecular complexity index is 1250.